The number of carboxylic acids is 1. The topological polar surface area (TPSA) is 99.8 Å². The SMILES string of the molecule is O=C(O)c1cc2ccc(CO)cc2n1C(=O)O. The smallest absolute Gasteiger partial charge is 0.416 e. The van der Waals surface area contributed by atoms with Crippen LogP contribution in [0.4, 0.5) is 4.79 Å². The van der Waals surface area contributed by atoms with Gasteiger partial charge in [0.25, 0.3) is 0 Å². The van der Waals surface area contributed by atoms with Crippen molar-refractivity contribution in [2.45, 2.75) is 6.61 Å². The zero-order chi connectivity index (χ0) is 12.6. The third-order valence-corrected chi connectivity index (χ3v) is 2.46. The van der Waals surface area contributed by atoms with Crippen LogP contribution in [-0.2, 0) is 6.61 Å². The van der Waals surface area contributed by atoms with Gasteiger partial charge in [0.05, 0.1) is 12.1 Å². The van der Waals surface area contributed by atoms with Gasteiger partial charge in [-0.3, -0.25) is 0 Å². The normalized spacial score (nSPS) is 10.6. The summed E-state index contributed by atoms with van der Waals surface area (Å²) in [6.07, 6.45) is -1.37. The van der Waals surface area contributed by atoms with Gasteiger partial charge in [0.2, 0.25) is 0 Å². The Bertz CT molecular complexity index is 614. The molecule has 0 saturated carbocycles. The fourth-order valence-corrected chi connectivity index (χ4v) is 1.71. The Morgan fingerprint density at radius 1 is 1.18 bits per heavy atom. The number of aromatic carboxylic acids is 1. The minimum Gasteiger partial charge on any atom is -0.477 e. The maximum Gasteiger partial charge on any atom is 0.416 e. The molecule has 0 aliphatic heterocycles. The maximum absolute atomic E-state index is 11.0. The molecule has 0 amide bonds. The molecule has 1 heterocycles. The van der Waals surface area contributed by atoms with Gasteiger partial charge in [0.15, 0.2) is 0 Å². The fourth-order valence-electron chi connectivity index (χ4n) is 1.71. The first-order valence-electron chi connectivity index (χ1n) is 4.76. The molecule has 88 valence electrons. The summed E-state index contributed by atoms with van der Waals surface area (Å²) in [5.74, 6) is -1.31. The van der Waals surface area contributed by atoms with Gasteiger partial charge in [0, 0.05) is 5.39 Å². The average Bonchev–Trinajstić information content (AvgIpc) is 2.66. The molecular weight excluding hydrogens is 226 g/mol. The number of rotatable bonds is 2. The van der Waals surface area contributed by atoms with Gasteiger partial charge in [-0.15, -0.1) is 0 Å². The molecule has 0 aliphatic rings. The second kappa shape index (κ2) is 3.91. The van der Waals surface area contributed by atoms with Crippen molar-refractivity contribution in [2.24, 2.45) is 0 Å². The average molecular weight is 235 g/mol. The summed E-state index contributed by atoms with van der Waals surface area (Å²) in [6, 6.07) is 5.93. The summed E-state index contributed by atoms with van der Waals surface area (Å²) in [4.78, 5) is 22.0. The number of benzene rings is 1. The summed E-state index contributed by atoms with van der Waals surface area (Å²) < 4.78 is 0.691. The van der Waals surface area contributed by atoms with Crippen molar-refractivity contribution in [3.63, 3.8) is 0 Å². The molecule has 1 aromatic heterocycles. The van der Waals surface area contributed by atoms with Crippen molar-refractivity contribution in [3.05, 3.63) is 35.5 Å². The van der Waals surface area contributed by atoms with Gasteiger partial charge in [-0.25, -0.2) is 14.2 Å². The van der Waals surface area contributed by atoms with Crippen LogP contribution in [0.3, 0.4) is 0 Å². The number of nitrogens with zero attached hydrogens (tertiary/aromatic N) is 1. The second-order valence-electron chi connectivity index (χ2n) is 3.50. The van der Waals surface area contributed by atoms with Gasteiger partial charge < -0.3 is 15.3 Å². The van der Waals surface area contributed by atoms with Gasteiger partial charge in [0.1, 0.15) is 5.69 Å². The molecule has 17 heavy (non-hydrogen) atoms. The highest BCUT2D eigenvalue weighted by molar-refractivity contribution is 6.00. The lowest BCUT2D eigenvalue weighted by molar-refractivity contribution is 0.0684. The van der Waals surface area contributed by atoms with Crippen LogP contribution in [0.2, 0.25) is 0 Å². The molecule has 0 radical (unpaired) electrons. The van der Waals surface area contributed by atoms with Crippen LogP contribution in [0.1, 0.15) is 16.1 Å². The van der Waals surface area contributed by atoms with Crippen molar-refractivity contribution in [2.75, 3.05) is 0 Å². The molecule has 1 aromatic carbocycles. The minimum atomic E-state index is -1.37. The van der Waals surface area contributed by atoms with Gasteiger partial charge in [-0.2, -0.15) is 0 Å². The third-order valence-electron chi connectivity index (χ3n) is 2.46. The Balaban J connectivity index is 2.81. The summed E-state index contributed by atoms with van der Waals surface area (Å²) in [6.45, 7) is -0.233. The molecule has 0 fully saturated rings. The lowest BCUT2D eigenvalue weighted by Crippen LogP contribution is -2.14. The van der Waals surface area contributed by atoms with Crippen molar-refractivity contribution in [1.82, 2.24) is 4.57 Å². The van der Waals surface area contributed by atoms with E-state index in [2.05, 4.69) is 0 Å². The first-order chi connectivity index (χ1) is 8.04. The van der Waals surface area contributed by atoms with Crippen LogP contribution in [-0.4, -0.2) is 31.9 Å². The molecule has 2 rings (SSSR count). The quantitative estimate of drug-likeness (QED) is 0.729. The Kier molecular flexibility index (Phi) is 2.57. The van der Waals surface area contributed by atoms with E-state index in [-0.39, 0.29) is 17.8 Å². The fraction of sp³-hybridized carbons (Fsp3) is 0.0909. The van der Waals surface area contributed by atoms with E-state index in [9.17, 15) is 9.59 Å². The van der Waals surface area contributed by atoms with Crippen molar-refractivity contribution >= 4 is 23.0 Å². The van der Waals surface area contributed by atoms with E-state index in [0.717, 1.165) is 0 Å². The van der Waals surface area contributed by atoms with Crippen molar-refractivity contribution in [1.29, 1.82) is 0 Å². The zero-order valence-corrected chi connectivity index (χ0v) is 8.62. The first kappa shape index (κ1) is 11.2. The van der Waals surface area contributed by atoms with Crippen LogP contribution >= 0.6 is 0 Å². The number of aliphatic hydroxyl groups excluding tert-OH is 1. The highest BCUT2D eigenvalue weighted by Gasteiger charge is 2.19. The van der Waals surface area contributed by atoms with E-state index in [0.29, 0.717) is 15.5 Å². The van der Waals surface area contributed by atoms with Crippen molar-refractivity contribution < 1.29 is 24.9 Å². The van der Waals surface area contributed by atoms with Crippen LogP contribution in [0.25, 0.3) is 10.9 Å². The largest absolute Gasteiger partial charge is 0.477 e. The predicted molar refractivity (Wildman–Crippen MR) is 58.2 cm³/mol. The minimum absolute atomic E-state index is 0.233. The summed E-state index contributed by atoms with van der Waals surface area (Å²) >= 11 is 0. The Hall–Kier alpha value is -2.34. The van der Waals surface area contributed by atoms with Crippen LogP contribution in [0, 0.1) is 0 Å². The Labute approximate surface area is 95.3 Å². The van der Waals surface area contributed by atoms with Gasteiger partial charge in [-0.05, 0) is 17.7 Å². The number of aromatic nitrogens is 1. The highest BCUT2D eigenvalue weighted by atomic mass is 16.4. The van der Waals surface area contributed by atoms with Crippen LogP contribution in [0.15, 0.2) is 24.3 Å². The summed E-state index contributed by atoms with van der Waals surface area (Å²) in [7, 11) is 0. The summed E-state index contributed by atoms with van der Waals surface area (Å²) in [5, 5.41) is 27.4. The number of carbonyl (C=O) groups is 2. The number of hydrogen-bond acceptors (Lipinski definition) is 3. The standard InChI is InChI=1S/C11H9NO5/c13-5-6-1-2-7-4-9(10(14)15)12(11(16)17)8(7)3-6/h1-4,13H,5H2,(H,14,15)(H,16,17). The molecule has 2 aromatic rings. The molecule has 0 bridgehead atoms. The van der Waals surface area contributed by atoms with Crippen LogP contribution in [0.5, 0.6) is 0 Å². The molecule has 0 atom stereocenters. The lowest BCUT2D eigenvalue weighted by atomic mass is 10.2. The molecule has 6 heteroatoms. The molecule has 3 N–H and O–H groups in total. The van der Waals surface area contributed by atoms with Crippen LogP contribution < -0.4 is 0 Å². The molecular formula is C11H9NO5. The molecule has 6 nitrogen and oxygen atoms in total. The van der Waals surface area contributed by atoms with E-state index in [1.165, 1.54) is 12.1 Å². The van der Waals surface area contributed by atoms with E-state index in [4.69, 9.17) is 15.3 Å². The third kappa shape index (κ3) is 1.74. The molecule has 0 aliphatic carbocycles. The number of hydrogen-bond donors (Lipinski definition) is 3. The maximum atomic E-state index is 11.0. The molecule has 0 unspecified atom stereocenters. The lowest BCUT2D eigenvalue weighted by Gasteiger charge is -2.02. The zero-order valence-electron chi connectivity index (χ0n) is 8.62. The number of carboxylic acid groups (broad SMARTS) is 2. The molecule has 0 saturated heterocycles. The monoisotopic (exact) mass is 235 g/mol. The van der Waals surface area contributed by atoms with Crippen molar-refractivity contribution in [3.8, 4) is 0 Å². The van der Waals surface area contributed by atoms with E-state index in [1.807, 2.05) is 0 Å². The Morgan fingerprint density at radius 3 is 2.41 bits per heavy atom. The Morgan fingerprint density at radius 2 is 1.88 bits per heavy atom. The predicted octanol–water partition coefficient (Wildman–Crippen LogP) is 1.36. The number of fused-ring (bicyclic) bond motifs is 1. The highest BCUT2D eigenvalue weighted by Crippen LogP contribution is 2.21. The summed E-state index contributed by atoms with van der Waals surface area (Å²) in [5.41, 5.74) is 0.457. The van der Waals surface area contributed by atoms with E-state index in [1.54, 1.807) is 12.1 Å². The van der Waals surface area contributed by atoms with E-state index < -0.39 is 12.1 Å². The van der Waals surface area contributed by atoms with Gasteiger partial charge >= 0.3 is 12.1 Å². The second-order valence-corrected chi connectivity index (χ2v) is 3.50. The number of aliphatic hydroxyl groups is 1. The van der Waals surface area contributed by atoms with Gasteiger partial charge in [-0.1, -0.05) is 12.1 Å². The van der Waals surface area contributed by atoms with E-state index >= 15 is 0 Å². The first-order valence-corrected chi connectivity index (χ1v) is 4.76. The molecule has 0 spiro atoms.